The molecule has 1 saturated heterocycles. The first-order valence-corrected chi connectivity index (χ1v) is 13.7. The van der Waals surface area contributed by atoms with Crippen LogP contribution in [0.15, 0.2) is 53.7 Å². The van der Waals surface area contributed by atoms with Gasteiger partial charge in [0.15, 0.2) is 6.23 Å². The molecule has 1 aromatic heterocycles. The number of sulfonamides is 1. The van der Waals surface area contributed by atoms with E-state index in [0.717, 1.165) is 36.7 Å². The smallest absolute Gasteiger partial charge is 0.264 e. The number of epoxide rings is 1. The summed E-state index contributed by atoms with van der Waals surface area (Å²) < 4.78 is 44.3. The third kappa shape index (κ3) is 4.08. The summed E-state index contributed by atoms with van der Waals surface area (Å²) in [5.41, 5.74) is 5.21. The van der Waals surface area contributed by atoms with Crippen LogP contribution in [-0.4, -0.2) is 43.4 Å². The predicted molar refractivity (Wildman–Crippen MR) is 134 cm³/mol. The molecular weight excluding hydrogens is 486 g/mol. The molecule has 182 valence electrons. The molecule has 9 nitrogen and oxygen atoms in total. The SMILES string of the molecule is Cc1cc2c(cc1S(=O)(=O)Nc1ncns1)OC1OC1N2[C@H](C)c1ccccc1C1=CCNCC1. The summed E-state index contributed by atoms with van der Waals surface area (Å²) in [6.07, 6.45) is 3.91. The second kappa shape index (κ2) is 8.59. The van der Waals surface area contributed by atoms with Gasteiger partial charge in [0, 0.05) is 24.1 Å². The van der Waals surface area contributed by atoms with Crippen LogP contribution in [0.5, 0.6) is 5.75 Å². The minimum atomic E-state index is -3.86. The fourth-order valence-electron chi connectivity index (χ4n) is 4.86. The number of benzene rings is 2. The second-order valence-electron chi connectivity index (χ2n) is 8.80. The summed E-state index contributed by atoms with van der Waals surface area (Å²) in [5, 5.41) is 3.59. The fraction of sp³-hybridized carbons (Fsp3) is 0.333. The lowest BCUT2D eigenvalue weighted by Crippen LogP contribution is -2.36. The van der Waals surface area contributed by atoms with Crippen LogP contribution in [0.4, 0.5) is 10.8 Å². The summed E-state index contributed by atoms with van der Waals surface area (Å²) >= 11 is 0.982. The van der Waals surface area contributed by atoms with E-state index in [9.17, 15) is 8.42 Å². The lowest BCUT2D eigenvalue weighted by molar-refractivity contribution is 0.180. The van der Waals surface area contributed by atoms with Crippen molar-refractivity contribution in [2.75, 3.05) is 22.7 Å². The number of ether oxygens (including phenoxy) is 2. The molecule has 0 bridgehead atoms. The molecule has 35 heavy (non-hydrogen) atoms. The van der Waals surface area contributed by atoms with Crippen LogP contribution in [0.25, 0.3) is 5.57 Å². The van der Waals surface area contributed by atoms with Crippen LogP contribution in [0.3, 0.4) is 0 Å². The van der Waals surface area contributed by atoms with Crippen molar-refractivity contribution in [3.8, 4) is 5.75 Å². The Balaban J connectivity index is 1.38. The number of hydrogen-bond acceptors (Lipinski definition) is 9. The number of fused-ring (bicyclic) bond motifs is 2. The topological polar surface area (TPSA) is 109 Å². The molecular formula is C24H25N5O4S2. The molecule has 3 aliphatic rings. The van der Waals surface area contributed by atoms with Crippen LogP contribution in [0.1, 0.15) is 36.1 Å². The summed E-state index contributed by atoms with van der Waals surface area (Å²) in [5.74, 6) is 0.484. The standard InChI is InChI=1S/C24H25N5O4S2/c1-14-11-19-20(12-21(14)35(30,31)28-24-26-13-27-34-24)32-23-22(33-23)29(19)15(2)17-5-3-4-6-18(17)16-7-9-25-10-8-16/h3-7,11-13,15,22-23,25H,8-10H2,1-2H3,(H,26,27,28)/t15-,22?,23?/m1/s1. The maximum absolute atomic E-state index is 13.1. The third-order valence-corrected chi connectivity index (χ3v) is 8.78. The molecule has 0 amide bonds. The van der Waals surface area contributed by atoms with E-state index in [1.165, 1.54) is 23.0 Å². The highest BCUT2D eigenvalue weighted by Crippen LogP contribution is 2.49. The molecule has 4 heterocycles. The van der Waals surface area contributed by atoms with Crippen LogP contribution in [0, 0.1) is 6.92 Å². The van der Waals surface area contributed by atoms with E-state index in [1.807, 2.05) is 6.07 Å². The minimum Gasteiger partial charge on any atom is -0.458 e. The van der Waals surface area contributed by atoms with Crippen LogP contribution < -0.4 is 19.7 Å². The molecule has 0 aliphatic carbocycles. The number of aromatic nitrogens is 2. The number of hydrogen-bond donors (Lipinski definition) is 2. The molecule has 2 N–H and O–H groups in total. The van der Waals surface area contributed by atoms with Crippen molar-refractivity contribution in [1.82, 2.24) is 14.7 Å². The second-order valence-corrected chi connectivity index (χ2v) is 11.2. The summed E-state index contributed by atoms with van der Waals surface area (Å²) in [6.45, 7) is 5.77. The van der Waals surface area contributed by atoms with E-state index in [1.54, 1.807) is 13.0 Å². The van der Waals surface area contributed by atoms with Crippen LogP contribution >= 0.6 is 11.5 Å². The Hall–Kier alpha value is -2.99. The normalized spacial score (nSPS) is 21.9. The quantitative estimate of drug-likeness (QED) is 0.483. The molecule has 3 aromatic rings. The highest BCUT2D eigenvalue weighted by atomic mass is 32.2. The van der Waals surface area contributed by atoms with Gasteiger partial charge in [-0.3, -0.25) is 4.72 Å². The number of nitrogens with one attached hydrogen (secondary N) is 2. The van der Waals surface area contributed by atoms with Crippen molar-refractivity contribution < 1.29 is 17.9 Å². The predicted octanol–water partition coefficient (Wildman–Crippen LogP) is 3.67. The van der Waals surface area contributed by atoms with Crippen molar-refractivity contribution in [2.45, 2.75) is 43.7 Å². The molecule has 0 radical (unpaired) electrons. The van der Waals surface area contributed by atoms with E-state index in [0.29, 0.717) is 11.3 Å². The van der Waals surface area contributed by atoms with Crippen molar-refractivity contribution >= 4 is 37.9 Å². The maximum atomic E-state index is 13.1. The van der Waals surface area contributed by atoms with Crippen molar-refractivity contribution in [2.24, 2.45) is 0 Å². The third-order valence-electron chi connectivity index (χ3n) is 6.59. The van der Waals surface area contributed by atoms with Gasteiger partial charge < -0.3 is 19.7 Å². The Morgan fingerprint density at radius 2 is 2.14 bits per heavy atom. The highest BCUT2D eigenvalue weighted by molar-refractivity contribution is 7.93. The average Bonchev–Trinajstić information content (AvgIpc) is 3.45. The largest absolute Gasteiger partial charge is 0.458 e. The fourth-order valence-corrected chi connectivity index (χ4v) is 6.77. The summed E-state index contributed by atoms with van der Waals surface area (Å²) in [7, 11) is -3.86. The number of rotatable bonds is 6. The van der Waals surface area contributed by atoms with Gasteiger partial charge in [-0.25, -0.2) is 13.4 Å². The lowest BCUT2D eigenvalue weighted by atomic mass is 9.91. The van der Waals surface area contributed by atoms with E-state index >= 15 is 0 Å². The van der Waals surface area contributed by atoms with Gasteiger partial charge in [-0.05, 0) is 55.1 Å². The number of anilines is 2. The molecule has 3 aliphatic heterocycles. The lowest BCUT2D eigenvalue weighted by Gasteiger charge is -2.35. The zero-order valence-electron chi connectivity index (χ0n) is 19.3. The highest BCUT2D eigenvalue weighted by Gasteiger charge is 2.53. The van der Waals surface area contributed by atoms with E-state index in [-0.39, 0.29) is 22.3 Å². The Morgan fingerprint density at radius 3 is 2.91 bits per heavy atom. The first kappa shape index (κ1) is 22.5. The minimum absolute atomic E-state index is 0.0130. The van der Waals surface area contributed by atoms with Gasteiger partial charge >= 0.3 is 0 Å². The van der Waals surface area contributed by atoms with Crippen LogP contribution in [-0.2, 0) is 14.8 Å². The summed E-state index contributed by atoms with van der Waals surface area (Å²) in [4.78, 5) is 6.26. The first-order chi connectivity index (χ1) is 16.9. The Labute approximate surface area is 208 Å². The number of aryl methyl sites for hydroxylation is 1. The molecule has 0 spiro atoms. The van der Waals surface area contributed by atoms with Crippen molar-refractivity contribution in [1.29, 1.82) is 0 Å². The molecule has 2 unspecified atom stereocenters. The molecule has 1 fully saturated rings. The zero-order valence-corrected chi connectivity index (χ0v) is 20.9. The molecule has 6 rings (SSSR count). The molecule has 0 saturated carbocycles. The Kier molecular flexibility index (Phi) is 5.52. The van der Waals surface area contributed by atoms with Gasteiger partial charge in [0.2, 0.25) is 11.4 Å². The molecule has 2 aromatic carbocycles. The average molecular weight is 512 g/mol. The first-order valence-electron chi connectivity index (χ1n) is 11.5. The van der Waals surface area contributed by atoms with Crippen molar-refractivity contribution in [3.05, 3.63) is 65.5 Å². The van der Waals surface area contributed by atoms with E-state index < -0.39 is 16.3 Å². The van der Waals surface area contributed by atoms with Gasteiger partial charge in [0.05, 0.1) is 16.6 Å². The molecule has 11 heteroatoms. The molecule has 3 atom stereocenters. The zero-order chi connectivity index (χ0) is 24.2. The van der Waals surface area contributed by atoms with Crippen LogP contribution in [0.2, 0.25) is 0 Å². The van der Waals surface area contributed by atoms with Gasteiger partial charge in [0.1, 0.15) is 12.1 Å². The van der Waals surface area contributed by atoms with Gasteiger partial charge in [-0.1, -0.05) is 30.3 Å². The summed E-state index contributed by atoms with van der Waals surface area (Å²) in [6, 6.07) is 11.9. The van der Waals surface area contributed by atoms with Crippen molar-refractivity contribution in [3.63, 3.8) is 0 Å². The van der Waals surface area contributed by atoms with E-state index in [4.69, 9.17) is 9.47 Å². The Morgan fingerprint density at radius 1 is 1.29 bits per heavy atom. The van der Waals surface area contributed by atoms with Gasteiger partial charge in [-0.2, -0.15) is 4.37 Å². The maximum Gasteiger partial charge on any atom is 0.264 e. The van der Waals surface area contributed by atoms with Gasteiger partial charge in [-0.15, -0.1) is 0 Å². The Bertz CT molecular complexity index is 1410. The van der Waals surface area contributed by atoms with Gasteiger partial charge in [0.25, 0.3) is 10.0 Å². The number of nitrogens with zero attached hydrogens (tertiary/aromatic N) is 3. The van der Waals surface area contributed by atoms with E-state index in [2.05, 4.69) is 61.6 Å². The monoisotopic (exact) mass is 511 g/mol.